The molecule has 8 nitrogen and oxygen atoms in total. The number of sulfone groups is 1. The van der Waals surface area contributed by atoms with E-state index in [1.54, 1.807) is 29.8 Å². The number of ether oxygens (including phenoxy) is 2. The summed E-state index contributed by atoms with van der Waals surface area (Å²) in [4.78, 5) is 19.3. The van der Waals surface area contributed by atoms with Gasteiger partial charge < -0.3 is 18.9 Å². The molecule has 0 fully saturated rings. The molecule has 1 aromatic heterocycles. The average molecular weight is 500 g/mol. The third-order valence-electron chi connectivity index (χ3n) is 5.76. The summed E-state index contributed by atoms with van der Waals surface area (Å²) < 4.78 is 38.7. The van der Waals surface area contributed by atoms with Gasteiger partial charge in [-0.25, -0.2) is 13.4 Å². The Kier molecular flexibility index (Phi) is 9.20. The molecule has 188 valence electrons. The monoisotopic (exact) mass is 499 g/mol. The molecule has 0 aliphatic heterocycles. The lowest BCUT2D eigenvalue weighted by molar-refractivity contribution is 0.0673. The van der Waals surface area contributed by atoms with E-state index in [2.05, 4.69) is 4.98 Å². The predicted octanol–water partition coefficient (Wildman–Crippen LogP) is 3.41. The fourth-order valence-electron chi connectivity index (χ4n) is 3.79. The van der Waals surface area contributed by atoms with Crippen LogP contribution in [0.2, 0.25) is 0 Å². The first-order valence-corrected chi connectivity index (χ1v) is 13.1. The van der Waals surface area contributed by atoms with E-state index in [0.717, 1.165) is 11.1 Å². The Morgan fingerprint density at radius 1 is 1.00 bits per heavy atom. The summed E-state index contributed by atoms with van der Waals surface area (Å²) in [7, 11) is -0.593. The van der Waals surface area contributed by atoms with Crippen molar-refractivity contribution in [1.82, 2.24) is 14.5 Å². The third-order valence-corrected chi connectivity index (χ3v) is 7.35. The lowest BCUT2D eigenvalue weighted by atomic mass is 10.1. The van der Waals surface area contributed by atoms with Gasteiger partial charge >= 0.3 is 0 Å². The SMILES string of the molecule is COCCN(Cc1cnc(S(=O)(=O)Cc2ccc(C)cc2)n1CCOC)C(=O)c1ccccc1C. The molecular formula is C26H33N3O5S. The molecule has 0 aliphatic rings. The molecule has 1 heterocycles. The summed E-state index contributed by atoms with van der Waals surface area (Å²) in [5.74, 6) is -0.310. The van der Waals surface area contributed by atoms with Crippen molar-refractivity contribution in [1.29, 1.82) is 0 Å². The van der Waals surface area contributed by atoms with E-state index in [4.69, 9.17) is 9.47 Å². The van der Waals surface area contributed by atoms with Crippen molar-refractivity contribution in [3.63, 3.8) is 0 Å². The Bertz CT molecular complexity index is 1240. The highest BCUT2D eigenvalue weighted by Gasteiger charge is 2.26. The maximum absolute atomic E-state index is 13.4. The van der Waals surface area contributed by atoms with Crippen molar-refractivity contribution in [3.8, 4) is 0 Å². The van der Waals surface area contributed by atoms with E-state index in [-0.39, 0.29) is 23.4 Å². The Morgan fingerprint density at radius 2 is 1.69 bits per heavy atom. The van der Waals surface area contributed by atoms with Gasteiger partial charge in [-0.15, -0.1) is 0 Å². The number of methoxy groups -OCH3 is 2. The second-order valence-corrected chi connectivity index (χ2v) is 10.3. The summed E-state index contributed by atoms with van der Waals surface area (Å²) in [5.41, 5.74) is 3.83. The smallest absolute Gasteiger partial charge is 0.254 e. The normalized spacial score (nSPS) is 11.5. The maximum Gasteiger partial charge on any atom is 0.254 e. The summed E-state index contributed by atoms with van der Waals surface area (Å²) in [6, 6.07) is 14.8. The van der Waals surface area contributed by atoms with E-state index < -0.39 is 9.84 Å². The molecule has 0 saturated heterocycles. The van der Waals surface area contributed by atoms with Crippen LogP contribution in [0.1, 0.15) is 32.7 Å². The van der Waals surface area contributed by atoms with Gasteiger partial charge in [0.2, 0.25) is 15.0 Å². The standard InChI is InChI=1S/C26H33N3O5S/c1-20-9-11-22(12-10-20)19-35(31,32)26-27-17-23(29(26)14-16-34-4)18-28(13-15-33-3)25(30)24-8-6-5-7-21(24)2/h5-12,17H,13-16,18-19H2,1-4H3. The molecule has 0 spiro atoms. The highest BCUT2D eigenvalue weighted by molar-refractivity contribution is 7.90. The zero-order chi connectivity index (χ0) is 25.4. The number of carbonyl (C=O) groups excluding carboxylic acids is 1. The Morgan fingerprint density at radius 3 is 2.34 bits per heavy atom. The summed E-state index contributed by atoms with van der Waals surface area (Å²) in [6.45, 7) is 5.33. The molecule has 2 aromatic carbocycles. The predicted molar refractivity (Wildman–Crippen MR) is 134 cm³/mol. The molecule has 0 bridgehead atoms. The van der Waals surface area contributed by atoms with Crippen molar-refractivity contribution in [2.75, 3.05) is 34.0 Å². The molecule has 1 amide bonds. The number of hydrogen-bond donors (Lipinski definition) is 0. The van der Waals surface area contributed by atoms with Gasteiger partial charge in [0.05, 0.1) is 37.4 Å². The van der Waals surface area contributed by atoms with Crippen LogP contribution in [-0.4, -0.2) is 62.8 Å². The number of amides is 1. The van der Waals surface area contributed by atoms with E-state index in [9.17, 15) is 13.2 Å². The summed E-state index contributed by atoms with van der Waals surface area (Å²) >= 11 is 0. The Balaban J connectivity index is 1.94. The minimum atomic E-state index is -3.73. The highest BCUT2D eigenvalue weighted by atomic mass is 32.2. The lowest BCUT2D eigenvalue weighted by Crippen LogP contribution is -2.35. The molecule has 0 N–H and O–H groups in total. The van der Waals surface area contributed by atoms with Crippen LogP contribution in [0.25, 0.3) is 0 Å². The van der Waals surface area contributed by atoms with E-state index in [1.807, 2.05) is 56.3 Å². The minimum absolute atomic E-state index is 0.0276. The van der Waals surface area contributed by atoms with E-state index >= 15 is 0 Å². The number of rotatable bonds is 12. The van der Waals surface area contributed by atoms with E-state index in [1.165, 1.54) is 6.20 Å². The minimum Gasteiger partial charge on any atom is -0.383 e. The van der Waals surface area contributed by atoms with Gasteiger partial charge in [-0.05, 0) is 31.0 Å². The molecule has 0 atom stereocenters. The number of nitrogens with zero attached hydrogens (tertiary/aromatic N) is 3. The van der Waals surface area contributed by atoms with Gasteiger partial charge in [0.1, 0.15) is 0 Å². The van der Waals surface area contributed by atoms with Gasteiger partial charge in [0.15, 0.2) is 0 Å². The van der Waals surface area contributed by atoms with Gasteiger partial charge in [-0.3, -0.25) is 4.79 Å². The maximum atomic E-state index is 13.4. The fraction of sp³-hybridized carbons (Fsp3) is 0.385. The average Bonchev–Trinajstić information content (AvgIpc) is 3.25. The number of imidazole rings is 1. The van der Waals surface area contributed by atoms with Gasteiger partial charge in [-0.1, -0.05) is 48.0 Å². The molecule has 0 unspecified atom stereocenters. The van der Waals surface area contributed by atoms with E-state index in [0.29, 0.717) is 43.1 Å². The number of aromatic nitrogens is 2. The van der Waals surface area contributed by atoms with Gasteiger partial charge in [0, 0.05) is 32.9 Å². The number of aryl methyl sites for hydroxylation is 2. The van der Waals surface area contributed by atoms with Crippen LogP contribution in [0.5, 0.6) is 0 Å². The second-order valence-electron chi connectivity index (χ2n) is 8.46. The quantitative estimate of drug-likeness (QED) is 0.379. The van der Waals surface area contributed by atoms with Crippen LogP contribution in [-0.2, 0) is 38.2 Å². The van der Waals surface area contributed by atoms with Crippen LogP contribution in [0, 0.1) is 13.8 Å². The van der Waals surface area contributed by atoms with Crippen LogP contribution < -0.4 is 0 Å². The molecule has 35 heavy (non-hydrogen) atoms. The highest BCUT2D eigenvalue weighted by Crippen LogP contribution is 2.20. The third kappa shape index (κ3) is 6.78. The number of hydrogen-bond acceptors (Lipinski definition) is 6. The number of carbonyl (C=O) groups is 1. The van der Waals surface area contributed by atoms with Gasteiger partial charge in [-0.2, -0.15) is 0 Å². The first-order chi connectivity index (χ1) is 16.8. The molecule has 3 rings (SSSR count). The van der Waals surface area contributed by atoms with Crippen molar-refractivity contribution >= 4 is 15.7 Å². The van der Waals surface area contributed by atoms with Crippen molar-refractivity contribution < 1.29 is 22.7 Å². The van der Waals surface area contributed by atoms with Crippen molar-refractivity contribution in [3.05, 3.63) is 82.7 Å². The molecule has 9 heteroatoms. The van der Waals surface area contributed by atoms with Crippen molar-refractivity contribution in [2.45, 2.75) is 37.8 Å². The fourth-order valence-corrected chi connectivity index (χ4v) is 5.31. The second kappa shape index (κ2) is 12.1. The first kappa shape index (κ1) is 26.6. The summed E-state index contributed by atoms with van der Waals surface area (Å²) in [6.07, 6.45) is 1.53. The summed E-state index contributed by atoms with van der Waals surface area (Å²) in [5, 5.41) is -0.0276. The molecule has 0 saturated carbocycles. The number of benzene rings is 2. The molecule has 0 aliphatic carbocycles. The Labute approximate surface area is 207 Å². The zero-order valence-corrected chi connectivity index (χ0v) is 21.5. The van der Waals surface area contributed by atoms with Crippen LogP contribution >= 0.6 is 0 Å². The van der Waals surface area contributed by atoms with Crippen LogP contribution in [0.15, 0.2) is 59.9 Å². The first-order valence-electron chi connectivity index (χ1n) is 11.4. The topological polar surface area (TPSA) is 90.7 Å². The molecule has 0 radical (unpaired) electrons. The van der Waals surface area contributed by atoms with Crippen molar-refractivity contribution in [2.24, 2.45) is 0 Å². The molecule has 3 aromatic rings. The Hall–Kier alpha value is -3.01. The lowest BCUT2D eigenvalue weighted by Gasteiger charge is -2.24. The molecular weight excluding hydrogens is 466 g/mol. The van der Waals surface area contributed by atoms with Crippen LogP contribution in [0.3, 0.4) is 0 Å². The largest absolute Gasteiger partial charge is 0.383 e. The zero-order valence-electron chi connectivity index (χ0n) is 20.7. The van der Waals surface area contributed by atoms with Gasteiger partial charge in [0.25, 0.3) is 5.91 Å². The van der Waals surface area contributed by atoms with Crippen LogP contribution in [0.4, 0.5) is 0 Å².